The molecule has 1 unspecified atom stereocenters. The van der Waals surface area contributed by atoms with E-state index >= 15 is 0 Å². The highest BCUT2D eigenvalue weighted by molar-refractivity contribution is 6.31. The lowest BCUT2D eigenvalue weighted by Crippen LogP contribution is -2.46. The quantitative estimate of drug-likeness (QED) is 0.895. The number of carbonyl (C=O) groups excluding carboxylic acids is 2. The molecule has 6 heteroatoms. The van der Waals surface area contributed by atoms with E-state index in [1.165, 1.54) is 6.07 Å². The van der Waals surface area contributed by atoms with Crippen molar-refractivity contribution in [2.24, 2.45) is 0 Å². The third-order valence-corrected chi connectivity index (χ3v) is 3.97. The molecule has 2 amide bonds. The SMILES string of the molecule is CC(C)(CNC(=O)C1CCC(=O)N1)c1c(F)cccc1Cl. The molecule has 0 saturated carbocycles. The zero-order valence-corrected chi connectivity index (χ0v) is 12.8. The molecule has 1 aromatic carbocycles. The number of halogens is 2. The van der Waals surface area contributed by atoms with Crippen LogP contribution in [-0.4, -0.2) is 24.4 Å². The predicted octanol–water partition coefficient (Wildman–Crippen LogP) is 2.15. The molecule has 0 spiro atoms. The Morgan fingerprint density at radius 1 is 1.52 bits per heavy atom. The Bertz CT molecular complexity index is 555. The first-order valence-corrected chi connectivity index (χ1v) is 7.20. The molecule has 0 aliphatic carbocycles. The topological polar surface area (TPSA) is 58.2 Å². The van der Waals surface area contributed by atoms with Crippen LogP contribution in [0.1, 0.15) is 32.3 Å². The summed E-state index contributed by atoms with van der Waals surface area (Å²) in [5.41, 5.74) is -0.275. The highest BCUT2D eigenvalue weighted by atomic mass is 35.5. The van der Waals surface area contributed by atoms with Gasteiger partial charge in [0.15, 0.2) is 0 Å². The Kier molecular flexibility index (Phi) is 4.52. The van der Waals surface area contributed by atoms with Gasteiger partial charge in [-0.2, -0.15) is 0 Å². The molecule has 0 radical (unpaired) electrons. The van der Waals surface area contributed by atoms with Gasteiger partial charge < -0.3 is 10.6 Å². The molecule has 2 N–H and O–H groups in total. The lowest BCUT2D eigenvalue weighted by molar-refractivity contribution is -0.125. The maximum absolute atomic E-state index is 14.0. The van der Waals surface area contributed by atoms with Crippen molar-refractivity contribution in [1.29, 1.82) is 0 Å². The van der Waals surface area contributed by atoms with Gasteiger partial charge in [-0.1, -0.05) is 31.5 Å². The Morgan fingerprint density at radius 3 is 2.81 bits per heavy atom. The Labute approximate surface area is 128 Å². The summed E-state index contributed by atoms with van der Waals surface area (Å²) in [6, 6.07) is 4.02. The molecular weight excluding hydrogens is 295 g/mol. The van der Waals surface area contributed by atoms with E-state index in [0.717, 1.165) is 0 Å². The molecule has 1 aromatic rings. The van der Waals surface area contributed by atoms with Gasteiger partial charge in [0.25, 0.3) is 0 Å². The maximum atomic E-state index is 14.0. The lowest BCUT2D eigenvalue weighted by atomic mass is 9.84. The van der Waals surface area contributed by atoms with E-state index in [-0.39, 0.29) is 18.4 Å². The summed E-state index contributed by atoms with van der Waals surface area (Å²) >= 11 is 6.07. The number of amides is 2. The average Bonchev–Trinajstić information content (AvgIpc) is 2.82. The number of hydrogen-bond donors (Lipinski definition) is 2. The molecule has 4 nitrogen and oxygen atoms in total. The molecule has 114 valence electrons. The number of nitrogens with one attached hydrogen (secondary N) is 2. The number of hydrogen-bond acceptors (Lipinski definition) is 2. The summed E-state index contributed by atoms with van der Waals surface area (Å²) in [6.45, 7) is 3.86. The molecule has 1 aliphatic rings. The lowest BCUT2D eigenvalue weighted by Gasteiger charge is -2.27. The highest BCUT2D eigenvalue weighted by Gasteiger charge is 2.31. The second kappa shape index (κ2) is 6.02. The van der Waals surface area contributed by atoms with Crippen LogP contribution in [0.4, 0.5) is 4.39 Å². The minimum Gasteiger partial charge on any atom is -0.353 e. The molecule has 21 heavy (non-hydrogen) atoms. The smallest absolute Gasteiger partial charge is 0.242 e. The molecular formula is C15H18ClFN2O2. The number of rotatable bonds is 4. The molecule has 1 saturated heterocycles. The van der Waals surface area contributed by atoms with Crippen molar-refractivity contribution < 1.29 is 14.0 Å². The Hall–Kier alpha value is -1.62. The van der Waals surface area contributed by atoms with Gasteiger partial charge in [-0.15, -0.1) is 0 Å². The van der Waals surface area contributed by atoms with Crippen LogP contribution >= 0.6 is 11.6 Å². The summed E-state index contributed by atoms with van der Waals surface area (Å²) in [5.74, 6) is -0.760. The van der Waals surface area contributed by atoms with Gasteiger partial charge in [0.2, 0.25) is 11.8 Å². The van der Waals surface area contributed by atoms with Crippen molar-refractivity contribution in [1.82, 2.24) is 10.6 Å². The van der Waals surface area contributed by atoms with E-state index in [9.17, 15) is 14.0 Å². The minimum atomic E-state index is -0.652. The van der Waals surface area contributed by atoms with Crippen molar-refractivity contribution in [2.75, 3.05) is 6.54 Å². The first-order valence-electron chi connectivity index (χ1n) is 6.83. The predicted molar refractivity (Wildman–Crippen MR) is 78.6 cm³/mol. The third kappa shape index (κ3) is 3.53. The van der Waals surface area contributed by atoms with Crippen LogP contribution in [0.3, 0.4) is 0 Å². The fourth-order valence-electron chi connectivity index (χ4n) is 2.47. The zero-order valence-electron chi connectivity index (χ0n) is 12.0. The van der Waals surface area contributed by atoms with Crippen LogP contribution in [0.25, 0.3) is 0 Å². The van der Waals surface area contributed by atoms with E-state index in [1.54, 1.807) is 12.1 Å². The van der Waals surface area contributed by atoms with Gasteiger partial charge in [-0.05, 0) is 18.6 Å². The second-order valence-electron chi connectivity index (χ2n) is 5.86. The van der Waals surface area contributed by atoms with Crippen molar-refractivity contribution in [2.45, 2.75) is 38.1 Å². The number of benzene rings is 1. The molecule has 1 aliphatic heterocycles. The minimum absolute atomic E-state index is 0.119. The Balaban J connectivity index is 2.04. The highest BCUT2D eigenvalue weighted by Crippen LogP contribution is 2.31. The van der Waals surface area contributed by atoms with Gasteiger partial charge in [-0.3, -0.25) is 9.59 Å². The number of carbonyl (C=O) groups is 2. The van der Waals surface area contributed by atoms with Crippen LogP contribution in [0, 0.1) is 5.82 Å². The first kappa shape index (κ1) is 15.8. The average molecular weight is 313 g/mol. The van der Waals surface area contributed by atoms with E-state index in [0.29, 0.717) is 23.4 Å². The van der Waals surface area contributed by atoms with Crippen LogP contribution in [0.5, 0.6) is 0 Å². The molecule has 1 atom stereocenters. The first-order chi connectivity index (χ1) is 9.81. The third-order valence-electron chi connectivity index (χ3n) is 3.66. The van der Waals surface area contributed by atoms with E-state index in [1.807, 2.05) is 13.8 Å². The van der Waals surface area contributed by atoms with Gasteiger partial charge >= 0.3 is 0 Å². The van der Waals surface area contributed by atoms with Crippen molar-refractivity contribution >= 4 is 23.4 Å². The monoisotopic (exact) mass is 312 g/mol. The normalized spacial score (nSPS) is 18.5. The van der Waals surface area contributed by atoms with Crippen molar-refractivity contribution in [3.05, 3.63) is 34.6 Å². The Morgan fingerprint density at radius 2 is 2.24 bits per heavy atom. The molecule has 1 heterocycles. The maximum Gasteiger partial charge on any atom is 0.242 e. The van der Waals surface area contributed by atoms with Crippen LogP contribution < -0.4 is 10.6 Å². The zero-order chi connectivity index (χ0) is 15.6. The van der Waals surface area contributed by atoms with Gasteiger partial charge in [-0.25, -0.2) is 4.39 Å². The van der Waals surface area contributed by atoms with Crippen molar-refractivity contribution in [3.8, 4) is 0 Å². The fourth-order valence-corrected chi connectivity index (χ4v) is 2.89. The van der Waals surface area contributed by atoms with E-state index < -0.39 is 17.3 Å². The van der Waals surface area contributed by atoms with Crippen LogP contribution in [-0.2, 0) is 15.0 Å². The fraction of sp³-hybridized carbons (Fsp3) is 0.467. The molecule has 0 bridgehead atoms. The summed E-state index contributed by atoms with van der Waals surface area (Å²) in [7, 11) is 0. The van der Waals surface area contributed by atoms with Crippen molar-refractivity contribution in [3.63, 3.8) is 0 Å². The van der Waals surface area contributed by atoms with Crippen LogP contribution in [0.15, 0.2) is 18.2 Å². The standard InChI is InChI=1S/C15H18ClFN2O2/c1-15(2,13-9(16)4-3-5-10(13)17)8-18-14(21)11-6-7-12(20)19-11/h3-5,11H,6-8H2,1-2H3,(H,18,21)(H,19,20). The summed E-state index contributed by atoms with van der Waals surface area (Å²) in [6.07, 6.45) is 0.853. The van der Waals surface area contributed by atoms with Gasteiger partial charge in [0.05, 0.1) is 0 Å². The van der Waals surface area contributed by atoms with Gasteiger partial charge in [0, 0.05) is 29.0 Å². The van der Waals surface area contributed by atoms with E-state index in [2.05, 4.69) is 10.6 Å². The summed E-state index contributed by atoms with van der Waals surface area (Å²) in [5, 5.41) is 5.70. The molecule has 1 fully saturated rings. The largest absolute Gasteiger partial charge is 0.353 e. The second-order valence-corrected chi connectivity index (χ2v) is 6.26. The van der Waals surface area contributed by atoms with Gasteiger partial charge in [0.1, 0.15) is 11.9 Å². The molecule has 0 aromatic heterocycles. The summed E-state index contributed by atoms with van der Waals surface area (Å²) in [4.78, 5) is 23.1. The van der Waals surface area contributed by atoms with Crippen LogP contribution in [0.2, 0.25) is 5.02 Å². The summed E-state index contributed by atoms with van der Waals surface area (Å²) < 4.78 is 14.0. The molecule has 2 rings (SSSR count). The van der Waals surface area contributed by atoms with E-state index in [4.69, 9.17) is 11.6 Å².